The van der Waals surface area contributed by atoms with Gasteiger partial charge in [-0.1, -0.05) is 30.3 Å². The standard InChI is InChI=1S/C27H41N9O7/c28-11-5-4-9-18-24(41)34-17(10-6-12-31-27(29)30)23(40)32-15-21(37)33-20(14-22(38)39)26(43)36-19(25(42)35-18)13-16-7-2-1-3-8-16/h1-3,7-8,17-20H,4-6,9-15,28H2,(H,32,40)(H,33,37)(H,34,41)(H,35,42)(H,36,43)(H,38,39)(H4,29,30,31)/t17-,18-,19+,20?/m0/s1. The first kappa shape index (κ1) is 34.5. The molecule has 0 saturated carbocycles. The normalized spacial score (nSPS) is 22.0. The Morgan fingerprint density at radius 1 is 0.837 bits per heavy atom. The van der Waals surface area contributed by atoms with Gasteiger partial charge in [0, 0.05) is 13.0 Å². The average molecular weight is 604 g/mol. The summed E-state index contributed by atoms with van der Waals surface area (Å²) in [5.74, 6) is -5.50. The summed E-state index contributed by atoms with van der Waals surface area (Å²) in [4.78, 5) is 77.3. The molecule has 4 atom stereocenters. The molecule has 16 nitrogen and oxygen atoms in total. The molecule has 1 unspecified atom stereocenters. The van der Waals surface area contributed by atoms with Crippen molar-refractivity contribution >= 4 is 41.5 Å². The number of aliphatic carboxylic acids is 1. The highest BCUT2D eigenvalue weighted by Crippen LogP contribution is 2.09. The number of nitrogens with one attached hydrogen (secondary N) is 7. The third-order valence-electron chi connectivity index (χ3n) is 6.57. The maximum atomic E-state index is 13.6. The van der Waals surface area contributed by atoms with Crippen LogP contribution in [0.25, 0.3) is 0 Å². The monoisotopic (exact) mass is 603 g/mol. The van der Waals surface area contributed by atoms with Gasteiger partial charge in [0.05, 0.1) is 13.0 Å². The molecule has 16 heteroatoms. The lowest BCUT2D eigenvalue weighted by atomic mass is 10.0. The van der Waals surface area contributed by atoms with Gasteiger partial charge in [0.1, 0.15) is 24.2 Å². The van der Waals surface area contributed by atoms with E-state index in [-0.39, 0.29) is 31.8 Å². The van der Waals surface area contributed by atoms with Crippen LogP contribution in [0.15, 0.2) is 30.3 Å². The molecule has 12 N–H and O–H groups in total. The van der Waals surface area contributed by atoms with Gasteiger partial charge < -0.3 is 48.5 Å². The maximum absolute atomic E-state index is 13.6. The molecule has 1 aromatic rings. The quantitative estimate of drug-likeness (QED) is 0.0664. The van der Waals surface area contributed by atoms with Crippen molar-refractivity contribution in [2.75, 3.05) is 19.6 Å². The Kier molecular flexibility index (Phi) is 14.4. The number of carboxylic acid groups (broad SMARTS) is 1. The molecule has 5 amide bonds. The van der Waals surface area contributed by atoms with Gasteiger partial charge in [0.2, 0.25) is 29.5 Å². The Labute approximate surface area is 249 Å². The van der Waals surface area contributed by atoms with Gasteiger partial charge >= 0.3 is 5.97 Å². The van der Waals surface area contributed by atoms with Crippen LogP contribution >= 0.6 is 0 Å². The molecule has 1 heterocycles. The first-order chi connectivity index (χ1) is 20.5. The summed E-state index contributed by atoms with van der Waals surface area (Å²) in [6, 6.07) is 3.74. The van der Waals surface area contributed by atoms with Crippen LogP contribution in [-0.4, -0.2) is 90.4 Å². The number of amides is 5. The van der Waals surface area contributed by atoms with Crippen molar-refractivity contribution in [2.45, 2.75) is 69.1 Å². The highest BCUT2D eigenvalue weighted by Gasteiger charge is 2.33. The summed E-state index contributed by atoms with van der Waals surface area (Å²) in [5, 5.41) is 31.7. The van der Waals surface area contributed by atoms with Crippen LogP contribution in [0.4, 0.5) is 0 Å². The molecule has 1 aliphatic heterocycles. The molecular formula is C27H41N9O7. The molecular weight excluding hydrogens is 562 g/mol. The van der Waals surface area contributed by atoms with Gasteiger partial charge in [0.15, 0.2) is 5.96 Å². The minimum atomic E-state index is -1.55. The number of carbonyl (C=O) groups excluding carboxylic acids is 5. The van der Waals surface area contributed by atoms with Crippen LogP contribution in [0.5, 0.6) is 0 Å². The van der Waals surface area contributed by atoms with Crippen LogP contribution in [0, 0.1) is 5.41 Å². The van der Waals surface area contributed by atoms with Crippen molar-refractivity contribution in [1.29, 1.82) is 5.41 Å². The summed E-state index contributed by atoms with van der Waals surface area (Å²) in [6.07, 6.45) is 0.864. The molecule has 0 radical (unpaired) electrons. The third kappa shape index (κ3) is 12.8. The lowest BCUT2D eigenvalue weighted by Gasteiger charge is -2.26. The smallest absolute Gasteiger partial charge is 0.305 e. The fraction of sp³-hybridized carbons (Fsp3) is 0.519. The zero-order valence-electron chi connectivity index (χ0n) is 23.8. The molecule has 0 bridgehead atoms. The Morgan fingerprint density at radius 2 is 1.42 bits per heavy atom. The minimum absolute atomic E-state index is 0.00903. The predicted octanol–water partition coefficient (Wildman–Crippen LogP) is -2.83. The number of unbranched alkanes of at least 4 members (excludes halogenated alkanes) is 1. The number of rotatable bonds is 12. The van der Waals surface area contributed by atoms with Crippen LogP contribution in [-0.2, 0) is 35.2 Å². The topological polar surface area (TPSA) is 271 Å². The van der Waals surface area contributed by atoms with Gasteiger partial charge in [-0.2, -0.15) is 0 Å². The average Bonchev–Trinajstić information content (AvgIpc) is 2.95. The van der Waals surface area contributed by atoms with Gasteiger partial charge in [-0.3, -0.25) is 34.2 Å². The van der Waals surface area contributed by atoms with E-state index in [2.05, 4.69) is 31.9 Å². The molecule has 0 aliphatic carbocycles. The van der Waals surface area contributed by atoms with Crippen molar-refractivity contribution in [2.24, 2.45) is 11.5 Å². The number of hydrogen-bond donors (Lipinski definition) is 10. The lowest BCUT2D eigenvalue weighted by molar-refractivity contribution is -0.141. The number of nitrogens with two attached hydrogens (primary N) is 2. The van der Waals surface area contributed by atoms with Gasteiger partial charge in [-0.05, 0) is 44.2 Å². The Bertz CT molecular complexity index is 1150. The van der Waals surface area contributed by atoms with Crippen molar-refractivity contribution in [3.63, 3.8) is 0 Å². The zero-order chi connectivity index (χ0) is 31.8. The van der Waals surface area contributed by atoms with Gasteiger partial charge in [-0.15, -0.1) is 0 Å². The summed E-state index contributed by atoms with van der Waals surface area (Å²) in [6.45, 7) is -0.0159. The number of hydrogen-bond acceptors (Lipinski definition) is 8. The fourth-order valence-corrected chi connectivity index (χ4v) is 4.36. The maximum Gasteiger partial charge on any atom is 0.305 e. The van der Waals surface area contributed by atoms with E-state index in [0.717, 1.165) is 0 Å². The van der Waals surface area contributed by atoms with E-state index in [1.165, 1.54) is 0 Å². The Hall–Kier alpha value is -4.73. The van der Waals surface area contributed by atoms with Crippen LogP contribution < -0.4 is 43.4 Å². The van der Waals surface area contributed by atoms with E-state index in [4.69, 9.17) is 16.9 Å². The second-order valence-corrected chi connectivity index (χ2v) is 10.1. The van der Waals surface area contributed by atoms with E-state index in [9.17, 15) is 33.9 Å². The van der Waals surface area contributed by atoms with E-state index in [1.54, 1.807) is 30.3 Å². The first-order valence-corrected chi connectivity index (χ1v) is 14.0. The third-order valence-corrected chi connectivity index (χ3v) is 6.57. The van der Waals surface area contributed by atoms with Crippen molar-refractivity contribution < 1.29 is 33.9 Å². The summed E-state index contributed by atoms with van der Waals surface area (Å²) < 4.78 is 0. The predicted molar refractivity (Wildman–Crippen MR) is 155 cm³/mol. The number of carboxylic acids is 1. The first-order valence-electron chi connectivity index (χ1n) is 14.0. The minimum Gasteiger partial charge on any atom is -0.481 e. The van der Waals surface area contributed by atoms with E-state index in [0.29, 0.717) is 31.4 Å². The number of carbonyl (C=O) groups is 6. The second kappa shape index (κ2) is 17.9. The largest absolute Gasteiger partial charge is 0.481 e. The summed E-state index contributed by atoms with van der Waals surface area (Å²) in [7, 11) is 0. The highest BCUT2D eigenvalue weighted by atomic mass is 16.4. The Morgan fingerprint density at radius 3 is 2.05 bits per heavy atom. The zero-order valence-corrected chi connectivity index (χ0v) is 23.8. The molecule has 236 valence electrons. The van der Waals surface area contributed by atoms with Crippen LogP contribution in [0.3, 0.4) is 0 Å². The second-order valence-electron chi connectivity index (χ2n) is 10.1. The lowest BCUT2D eigenvalue weighted by Crippen LogP contribution is -2.58. The highest BCUT2D eigenvalue weighted by molar-refractivity contribution is 5.98. The number of guanidine groups is 1. The molecule has 2 rings (SSSR count). The van der Waals surface area contributed by atoms with E-state index >= 15 is 0 Å². The molecule has 1 saturated heterocycles. The molecule has 43 heavy (non-hydrogen) atoms. The molecule has 1 fully saturated rings. The summed E-state index contributed by atoms with van der Waals surface area (Å²) in [5.41, 5.74) is 11.6. The molecule has 0 spiro atoms. The van der Waals surface area contributed by atoms with Crippen molar-refractivity contribution in [3.05, 3.63) is 35.9 Å². The fourth-order valence-electron chi connectivity index (χ4n) is 4.36. The summed E-state index contributed by atoms with van der Waals surface area (Å²) >= 11 is 0. The van der Waals surface area contributed by atoms with Crippen molar-refractivity contribution in [1.82, 2.24) is 31.9 Å². The van der Waals surface area contributed by atoms with Gasteiger partial charge in [0.25, 0.3) is 0 Å². The molecule has 0 aromatic heterocycles. The van der Waals surface area contributed by atoms with E-state index < -0.39 is 72.6 Å². The SMILES string of the molecule is N=C(N)NCCC[C@@H]1NC(=O)[C@H](CCCCN)NC(=O)[C@@H](Cc2ccccc2)NC(=O)C(CC(=O)O)NC(=O)CNC1=O. The number of benzene rings is 1. The van der Waals surface area contributed by atoms with Crippen molar-refractivity contribution in [3.8, 4) is 0 Å². The van der Waals surface area contributed by atoms with Gasteiger partial charge in [-0.25, -0.2) is 0 Å². The Balaban J connectivity index is 2.42. The van der Waals surface area contributed by atoms with Crippen LogP contribution in [0.1, 0.15) is 44.1 Å². The molecule has 1 aliphatic rings. The molecule has 1 aromatic carbocycles. The van der Waals surface area contributed by atoms with Crippen LogP contribution in [0.2, 0.25) is 0 Å². The van der Waals surface area contributed by atoms with E-state index in [1.807, 2.05) is 0 Å².